The number of hydrogen-bond acceptors (Lipinski definition) is 8. The van der Waals surface area contributed by atoms with Crippen LogP contribution in [0.3, 0.4) is 0 Å². The van der Waals surface area contributed by atoms with Crippen LogP contribution in [0.2, 0.25) is 0 Å². The Morgan fingerprint density at radius 3 is 2.55 bits per heavy atom. The number of nitrogen functional groups attached to an aromatic ring is 2. The average Bonchev–Trinajstić information content (AvgIpc) is 2.75. The number of hydrogen-bond donors (Lipinski definition) is 2. The summed E-state index contributed by atoms with van der Waals surface area (Å²) in [4.78, 5) is 17.7. The predicted octanol–water partition coefficient (Wildman–Crippen LogP) is 2.81. The van der Waals surface area contributed by atoms with Crippen molar-refractivity contribution in [1.82, 2.24) is 19.9 Å². The van der Waals surface area contributed by atoms with Crippen molar-refractivity contribution < 1.29 is 4.74 Å². The summed E-state index contributed by atoms with van der Waals surface area (Å²) < 4.78 is 5.80. The van der Waals surface area contributed by atoms with Crippen LogP contribution in [0.1, 0.15) is 19.4 Å². The lowest BCUT2D eigenvalue weighted by atomic mass is 9.99. The lowest BCUT2D eigenvalue weighted by Crippen LogP contribution is -2.57. The Morgan fingerprint density at radius 1 is 1.06 bits per heavy atom. The van der Waals surface area contributed by atoms with Crippen molar-refractivity contribution in [1.29, 1.82) is 0 Å². The van der Waals surface area contributed by atoms with Gasteiger partial charge in [-0.1, -0.05) is 12.1 Å². The summed E-state index contributed by atoms with van der Waals surface area (Å²) in [6.07, 6.45) is 3.31. The minimum absolute atomic E-state index is 0.144. The predicted molar refractivity (Wildman–Crippen MR) is 124 cm³/mol. The summed E-state index contributed by atoms with van der Waals surface area (Å²) in [5, 5.41) is 0. The Kier molecular flexibility index (Phi) is 5.65. The molecule has 0 atom stereocenters. The van der Waals surface area contributed by atoms with Gasteiger partial charge in [0.25, 0.3) is 5.88 Å². The Balaban J connectivity index is 1.49. The summed E-state index contributed by atoms with van der Waals surface area (Å²) >= 11 is 0. The van der Waals surface area contributed by atoms with Crippen LogP contribution in [0.4, 0.5) is 17.3 Å². The second kappa shape index (κ2) is 8.39. The maximum Gasteiger partial charge on any atom is 0.258 e. The molecule has 4 N–H and O–H groups in total. The number of aromatic nitrogens is 3. The molecule has 3 aromatic rings. The van der Waals surface area contributed by atoms with Crippen molar-refractivity contribution in [3.05, 3.63) is 54.4 Å². The van der Waals surface area contributed by atoms with Gasteiger partial charge in [0.2, 0.25) is 0 Å². The first kappa shape index (κ1) is 20.9. The maximum absolute atomic E-state index is 5.97. The largest absolute Gasteiger partial charge is 0.470 e. The van der Waals surface area contributed by atoms with Gasteiger partial charge in [-0.15, -0.1) is 0 Å². The van der Waals surface area contributed by atoms with E-state index in [1.165, 1.54) is 5.69 Å². The van der Waals surface area contributed by atoms with Crippen molar-refractivity contribution in [2.45, 2.75) is 26.0 Å². The lowest BCUT2D eigenvalue weighted by molar-refractivity contribution is 0.139. The third-order valence-corrected chi connectivity index (χ3v) is 5.83. The highest BCUT2D eigenvalue weighted by Crippen LogP contribution is 2.28. The van der Waals surface area contributed by atoms with Gasteiger partial charge in [0, 0.05) is 42.6 Å². The Labute approximate surface area is 182 Å². The number of rotatable bonds is 5. The highest BCUT2D eigenvalue weighted by atomic mass is 16.5. The minimum atomic E-state index is 0.144. The van der Waals surface area contributed by atoms with Crippen LogP contribution in [0, 0.1) is 0 Å². The topological polar surface area (TPSA) is 106 Å². The van der Waals surface area contributed by atoms with Gasteiger partial charge in [-0.2, -0.15) is 0 Å². The molecule has 0 saturated carbocycles. The van der Waals surface area contributed by atoms with E-state index in [0.717, 1.165) is 30.8 Å². The fourth-order valence-electron chi connectivity index (χ4n) is 3.67. The fraction of sp³-hybridized carbons (Fsp3) is 0.348. The number of nitrogens with two attached hydrogens (primary N) is 2. The zero-order valence-corrected chi connectivity index (χ0v) is 18.2. The third kappa shape index (κ3) is 4.69. The van der Waals surface area contributed by atoms with Crippen molar-refractivity contribution in [3.63, 3.8) is 0 Å². The van der Waals surface area contributed by atoms with E-state index in [1.807, 2.05) is 6.07 Å². The monoisotopic (exact) mass is 419 g/mol. The highest BCUT2D eigenvalue weighted by molar-refractivity contribution is 5.64. The molecule has 1 aliphatic rings. The van der Waals surface area contributed by atoms with Crippen LogP contribution in [0.15, 0.2) is 48.8 Å². The molecule has 1 fully saturated rings. The number of anilines is 3. The summed E-state index contributed by atoms with van der Waals surface area (Å²) in [6.45, 7) is 7.88. The Hall–Kier alpha value is -3.39. The second-order valence-corrected chi connectivity index (χ2v) is 8.53. The molecule has 31 heavy (non-hydrogen) atoms. The molecule has 0 unspecified atom stereocenters. The maximum atomic E-state index is 5.97. The van der Waals surface area contributed by atoms with Crippen molar-refractivity contribution in [3.8, 4) is 17.1 Å². The van der Waals surface area contributed by atoms with Crippen molar-refractivity contribution >= 4 is 17.3 Å². The van der Waals surface area contributed by atoms with E-state index in [9.17, 15) is 0 Å². The molecular weight excluding hydrogens is 390 g/mol. The summed E-state index contributed by atoms with van der Waals surface area (Å²) in [5.41, 5.74) is 15.6. The number of pyridine rings is 1. The molecule has 0 bridgehead atoms. The molecule has 4 rings (SSSR count). The molecule has 0 amide bonds. The molecule has 0 aliphatic carbocycles. The van der Waals surface area contributed by atoms with E-state index in [1.54, 1.807) is 18.5 Å². The first-order valence-electron chi connectivity index (χ1n) is 10.3. The Bertz CT molecular complexity index is 1050. The van der Waals surface area contributed by atoms with Gasteiger partial charge in [-0.05, 0) is 50.7 Å². The molecule has 8 heteroatoms. The number of benzene rings is 1. The van der Waals surface area contributed by atoms with E-state index in [2.05, 4.69) is 69.9 Å². The molecule has 0 radical (unpaired) electrons. The van der Waals surface area contributed by atoms with E-state index < -0.39 is 0 Å². The van der Waals surface area contributed by atoms with Gasteiger partial charge in [-0.3, -0.25) is 4.90 Å². The number of piperazine rings is 1. The van der Waals surface area contributed by atoms with E-state index in [-0.39, 0.29) is 18.0 Å². The summed E-state index contributed by atoms with van der Waals surface area (Å²) in [5.74, 6) is 0.998. The molecule has 1 saturated heterocycles. The number of ether oxygens (including phenoxy) is 1. The van der Waals surface area contributed by atoms with Gasteiger partial charge in [0.1, 0.15) is 12.4 Å². The van der Waals surface area contributed by atoms with Gasteiger partial charge >= 0.3 is 0 Å². The third-order valence-electron chi connectivity index (χ3n) is 5.83. The van der Waals surface area contributed by atoms with Crippen LogP contribution < -0.4 is 21.1 Å². The van der Waals surface area contributed by atoms with E-state index in [4.69, 9.17) is 16.2 Å². The normalized spacial score (nSPS) is 16.3. The zero-order valence-electron chi connectivity index (χ0n) is 18.2. The lowest BCUT2D eigenvalue weighted by Gasteiger charge is -2.46. The van der Waals surface area contributed by atoms with Gasteiger partial charge in [0.15, 0.2) is 5.82 Å². The van der Waals surface area contributed by atoms with Crippen molar-refractivity contribution in [2.24, 2.45) is 0 Å². The first-order chi connectivity index (χ1) is 14.8. The highest BCUT2D eigenvalue weighted by Gasteiger charge is 2.31. The molecule has 8 nitrogen and oxygen atoms in total. The van der Waals surface area contributed by atoms with Gasteiger partial charge in [0.05, 0.1) is 11.9 Å². The Morgan fingerprint density at radius 2 is 1.84 bits per heavy atom. The number of nitrogens with zero attached hydrogens (tertiary/aromatic N) is 5. The molecular formula is C23H29N7O. The minimum Gasteiger partial charge on any atom is -0.470 e. The SMILES string of the molecule is CN1CCN(c2ccc(-c3cnc(N)c(OCc4ccnc(N)c4)n3)cc2)CC1(C)C. The summed E-state index contributed by atoms with van der Waals surface area (Å²) in [7, 11) is 2.18. The van der Waals surface area contributed by atoms with Gasteiger partial charge < -0.3 is 21.1 Å². The average molecular weight is 420 g/mol. The fourth-order valence-corrected chi connectivity index (χ4v) is 3.67. The quantitative estimate of drug-likeness (QED) is 0.650. The molecule has 0 spiro atoms. The van der Waals surface area contributed by atoms with Crippen LogP contribution in [-0.2, 0) is 6.61 Å². The van der Waals surface area contributed by atoms with E-state index >= 15 is 0 Å². The second-order valence-electron chi connectivity index (χ2n) is 8.53. The first-order valence-corrected chi connectivity index (χ1v) is 10.3. The van der Waals surface area contributed by atoms with Crippen molar-refractivity contribution in [2.75, 3.05) is 43.0 Å². The molecule has 1 aliphatic heterocycles. The van der Waals surface area contributed by atoms with Crippen LogP contribution in [-0.4, -0.2) is 52.1 Å². The molecule has 3 heterocycles. The van der Waals surface area contributed by atoms with Crippen LogP contribution >= 0.6 is 0 Å². The molecule has 1 aromatic carbocycles. The standard InChI is InChI=1S/C23H29N7O/c1-23(2)15-30(11-10-29(23)3)18-6-4-17(5-7-18)19-13-27-21(25)22(28-19)31-14-16-8-9-26-20(24)12-16/h4-9,12-13H,10-11,14-15H2,1-3H3,(H2,24,26)(H2,25,27). The van der Waals surface area contributed by atoms with Crippen LogP contribution in [0.25, 0.3) is 11.3 Å². The van der Waals surface area contributed by atoms with Crippen LogP contribution in [0.5, 0.6) is 5.88 Å². The van der Waals surface area contributed by atoms with Gasteiger partial charge in [-0.25, -0.2) is 15.0 Å². The molecule has 2 aromatic heterocycles. The molecule has 162 valence electrons. The number of likely N-dealkylation sites (N-methyl/N-ethyl adjacent to an activating group) is 1. The smallest absolute Gasteiger partial charge is 0.258 e. The zero-order chi connectivity index (χ0) is 22.0. The summed E-state index contributed by atoms with van der Waals surface area (Å²) in [6, 6.07) is 12.0. The van der Waals surface area contributed by atoms with E-state index in [0.29, 0.717) is 17.4 Å².